The molecule has 0 aliphatic heterocycles. The van der Waals surface area contributed by atoms with E-state index in [2.05, 4.69) is 15.4 Å². The highest BCUT2D eigenvalue weighted by molar-refractivity contribution is 6.33. The van der Waals surface area contributed by atoms with E-state index in [0.717, 1.165) is 16.6 Å². The molecule has 0 spiro atoms. The van der Waals surface area contributed by atoms with Crippen LogP contribution in [0.5, 0.6) is 5.75 Å². The molecule has 24 heavy (non-hydrogen) atoms. The minimum absolute atomic E-state index is 0.302. The zero-order valence-electron chi connectivity index (χ0n) is 13.8. The quantitative estimate of drug-likeness (QED) is 0.789. The van der Waals surface area contributed by atoms with Crippen LogP contribution >= 0.6 is 11.6 Å². The van der Waals surface area contributed by atoms with Crippen molar-refractivity contribution in [2.24, 2.45) is 7.05 Å². The molecule has 1 aromatic carbocycles. The van der Waals surface area contributed by atoms with Gasteiger partial charge in [0.1, 0.15) is 5.75 Å². The van der Waals surface area contributed by atoms with Gasteiger partial charge < -0.3 is 10.1 Å². The number of para-hydroxylation sites is 1. The zero-order valence-corrected chi connectivity index (χ0v) is 14.6. The molecule has 1 N–H and O–H groups in total. The highest BCUT2D eigenvalue weighted by Crippen LogP contribution is 2.31. The van der Waals surface area contributed by atoms with Gasteiger partial charge in [-0.2, -0.15) is 5.10 Å². The van der Waals surface area contributed by atoms with E-state index in [1.54, 1.807) is 29.9 Å². The van der Waals surface area contributed by atoms with Gasteiger partial charge in [0.25, 0.3) is 5.91 Å². The summed E-state index contributed by atoms with van der Waals surface area (Å²) in [5.74, 6) is 0.623. The van der Waals surface area contributed by atoms with Crippen LogP contribution in [-0.4, -0.2) is 27.8 Å². The first kappa shape index (κ1) is 16.3. The van der Waals surface area contributed by atoms with Crippen molar-refractivity contribution in [3.05, 3.63) is 46.1 Å². The normalized spacial score (nSPS) is 10.9. The Hall–Kier alpha value is -2.60. The number of methoxy groups -OCH3 is 1. The summed E-state index contributed by atoms with van der Waals surface area (Å²) in [7, 11) is 3.31. The van der Waals surface area contributed by atoms with E-state index >= 15 is 0 Å². The monoisotopic (exact) mass is 344 g/mol. The minimum atomic E-state index is -0.302. The van der Waals surface area contributed by atoms with Crippen LogP contribution in [-0.2, 0) is 7.05 Å². The average Bonchev–Trinajstić information content (AvgIpc) is 2.88. The second kappa shape index (κ2) is 6.13. The number of aryl methyl sites for hydroxylation is 3. The molecule has 124 valence electrons. The van der Waals surface area contributed by atoms with E-state index in [1.807, 2.05) is 19.9 Å². The summed E-state index contributed by atoms with van der Waals surface area (Å²) in [6.07, 6.45) is 0. The SMILES string of the molecule is COc1ccccc1C(=O)Nc1nn(C)c2nc(C)c(Cl)c(C)c12. The number of aromatic nitrogens is 3. The van der Waals surface area contributed by atoms with Crippen LogP contribution in [0.25, 0.3) is 11.0 Å². The molecule has 7 heteroatoms. The Labute approximate surface area is 144 Å². The smallest absolute Gasteiger partial charge is 0.260 e. The Morgan fingerprint density at radius 3 is 2.71 bits per heavy atom. The van der Waals surface area contributed by atoms with E-state index in [-0.39, 0.29) is 5.91 Å². The van der Waals surface area contributed by atoms with Gasteiger partial charge in [0.05, 0.1) is 28.8 Å². The molecule has 0 unspecified atom stereocenters. The average molecular weight is 345 g/mol. The van der Waals surface area contributed by atoms with Crippen molar-refractivity contribution in [3.63, 3.8) is 0 Å². The Morgan fingerprint density at radius 1 is 1.29 bits per heavy atom. The van der Waals surface area contributed by atoms with Gasteiger partial charge in [-0.3, -0.25) is 4.79 Å². The van der Waals surface area contributed by atoms with E-state index < -0.39 is 0 Å². The fraction of sp³-hybridized carbons (Fsp3) is 0.235. The van der Waals surface area contributed by atoms with Gasteiger partial charge in [0.2, 0.25) is 0 Å². The van der Waals surface area contributed by atoms with Gasteiger partial charge in [-0.15, -0.1) is 0 Å². The maximum Gasteiger partial charge on any atom is 0.260 e. The second-order valence-electron chi connectivity index (χ2n) is 5.46. The molecule has 2 heterocycles. The standard InChI is InChI=1S/C17H17ClN4O2/c1-9-13-15(21-22(3)16(13)19-10(2)14(9)18)20-17(23)11-7-5-6-8-12(11)24-4/h5-8H,1-4H3,(H,20,21,23). The first-order valence-corrected chi connectivity index (χ1v) is 7.75. The van der Waals surface area contributed by atoms with Gasteiger partial charge in [-0.05, 0) is 31.5 Å². The number of nitrogens with zero attached hydrogens (tertiary/aromatic N) is 3. The van der Waals surface area contributed by atoms with E-state index in [9.17, 15) is 4.79 Å². The third-order valence-corrected chi connectivity index (χ3v) is 4.45. The summed E-state index contributed by atoms with van der Waals surface area (Å²) in [4.78, 5) is 17.1. The molecule has 0 saturated carbocycles. The predicted molar refractivity (Wildman–Crippen MR) is 93.9 cm³/mol. The summed E-state index contributed by atoms with van der Waals surface area (Å²) in [5, 5.41) is 8.52. The molecular weight excluding hydrogens is 328 g/mol. The first-order chi connectivity index (χ1) is 11.4. The molecule has 1 amide bonds. The van der Waals surface area contributed by atoms with Crippen molar-refractivity contribution in [2.75, 3.05) is 12.4 Å². The highest BCUT2D eigenvalue weighted by Gasteiger charge is 2.20. The highest BCUT2D eigenvalue weighted by atomic mass is 35.5. The topological polar surface area (TPSA) is 69.0 Å². The Morgan fingerprint density at radius 2 is 2.00 bits per heavy atom. The summed E-state index contributed by atoms with van der Waals surface area (Å²) < 4.78 is 6.86. The third kappa shape index (κ3) is 2.59. The van der Waals surface area contributed by atoms with Gasteiger partial charge in [0.15, 0.2) is 11.5 Å². The number of rotatable bonds is 3. The zero-order chi connectivity index (χ0) is 17.4. The number of ether oxygens (including phenoxy) is 1. The fourth-order valence-electron chi connectivity index (χ4n) is 2.67. The number of amides is 1. The number of hydrogen-bond acceptors (Lipinski definition) is 4. The van der Waals surface area contributed by atoms with E-state index in [4.69, 9.17) is 16.3 Å². The van der Waals surface area contributed by atoms with Crippen LogP contribution in [0.4, 0.5) is 5.82 Å². The van der Waals surface area contributed by atoms with Crippen molar-refractivity contribution in [2.45, 2.75) is 13.8 Å². The van der Waals surface area contributed by atoms with E-state index in [1.165, 1.54) is 7.11 Å². The van der Waals surface area contributed by atoms with Crippen molar-refractivity contribution < 1.29 is 9.53 Å². The lowest BCUT2D eigenvalue weighted by Crippen LogP contribution is -2.14. The number of carbonyl (C=O) groups excluding carboxylic acids is 1. The maximum absolute atomic E-state index is 12.6. The molecule has 6 nitrogen and oxygen atoms in total. The summed E-state index contributed by atoms with van der Waals surface area (Å²) >= 11 is 6.31. The van der Waals surface area contributed by atoms with Crippen molar-refractivity contribution in [3.8, 4) is 5.75 Å². The van der Waals surface area contributed by atoms with Crippen LogP contribution in [0.1, 0.15) is 21.6 Å². The number of hydrogen-bond donors (Lipinski definition) is 1. The predicted octanol–water partition coefficient (Wildman–Crippen LogP) is 3.50. The van der Waals surface area contributed by atoms with Crippen molar-refractivity contribution >= 4 is 34.4 Å². The van der Waals surface area contributed by atoms with Gasteiger partial charge in [0, 0.05) is 7.05 Å². The number of nitrogens with one attached hydrogen (secondary N) is 1. The van der Waals surface area contributed by atoms with Crippen LogP contribution in [0.2, 0.25) is 5.02 Å². The first-order valence-electron chi connectivity index (χ1n) is 7.37. The third-order valence-electron chi connectivity index (χ3n) is 3.90. The molecule has 2 aromatic heterocycles. The molecule has 0 fully saturated rings. The van der Waals surface area contributed by atoms with Crippen LogP contribution in [0.15, 0.2) is 24.3 Å². The number of benzene rings is 1. The Bertz CT molecular complexity index is 949. The van der Waals surface area contributed by atoms with Gasteiger partial charge in [-0.1, -0.05) is 23.7 Å². The molecule has 0 aliphatic carbocycles. The molecule has 3 aromatic rings. The Balaban J connectivity index is 2.08. The molecule has 3 rings (SSSR count). The largest absolute Gasteiger partial charge is 0.496 e. The second-order valence-corrected chi connectivity index (χ2v) is 5.84. The maximum atomic E-state index is 12.6. The van der Waals surface area contributed by atoms with Crippen LogP contribution in [0.3, 0.4) is 0 Å². The molecule has 0 saturated heterocycles. The lowest BCUT2D eigenvalue weighted by molar-refractivity contribution is 0.102. The minimum Gasteiger partial charge on any atom is -0.496 e. The number of pyridine rings is 1. The fourth-order valence-corrected chi connectivity index (χ4v) is 2.81. The number of fused-ring (bicyclic) bond motifs is 1. The molecular formula is C17H17ClN4O2. The Kier molecular flexibility index (Phi) is 4.15. The van der Waals surface area contributed by atoms with Crippen molar-refractivity contribution in [1.29, 1.82) is 0 Å². The molecule has 0 bridgehead atoms. The molecule has 0 aliphatic rings. The van der Waals surface area contributed by atoms with Crippen LogP contribution < -0.4 is 10.1 Å². The summed E-state index contributed by atoms with van der Waals surface area (Å²) in [5.41, 5.74) is 2.67. The molecule has 0 atom stereocenters. The van der Waals surface area contributed by atoms with E-state index in [0.29, 0.717) is 27.8 Å². The van der Waals surface area contributed by atoms with Gasteiger partial charge >= 0.3 is 0 Å². The number of halogens is 1. The van der Waals surface area contributed by atoms with Crippen LogP contribution in [0, 0.1) is 13.8 Å². The lowest BCUT2D eigenvalue weighted by Gasteiger charge is -2.09. The lowest BCUT2D eigenvalue weighted by atomic mass is 10.1. The van der Waals surface area contributed by atoms with Gasteiger partial charge in [-0.25, -0.2) is 9.67 Å². The number of carbonyl (C=O) groups is 1. The summed E-state index contributed by atoms with van der Waals surface area (Å²) in [6.45, 7) is 3.73. The molecule has 0 radical (unpaired) electrons. The number of anilines is 1. The van der Waals surface area contributed by atoms with Crippen molar-refractivity contribution in [1.82, 2.24) is 14.8 Å². The summed E-state index contributed by atoms with van der Waals surface area (Å²) in [6, 6.07) is 7.02.